The van der Waals surface area contributed by atoms with Crippen molar-refractivity contribution < 1.29 is 13.2 Å². The van der Waals surface area contributed by atoms with E-state index in [1.54, 1.807) is 26.0 Å². The third-order valence-corrected chi connectivity index (χ3v) is 7.54. The van der Waals surface area contributed by atoms with Crippen LogP contribution in [-0.4, -0.2) is 36.3 Å². The highest BCUT2D eigenvalue weighted by atomic mass is 35.5. The molecule has 1 heterocycles. The number of nitrogens with one attached hydrogen (secondary N) is 1. The van der Waals surface area contributed by atoms with Crippen molar-refractivity contribution in [3.8, 4) is 0 Å². The molecule has 0 aliphatic heterocycles. The van der Waals surface area contributed by atoms with Gasteiger partial charge in [0.25, 0.3) is 5.56 Å². The summed E-state index contributed by atoms with van der Waals surface area (Å²) in [6, 6.07) is 18.5. The number of rotatable bonds is 9. The molecule has 0 aliphatic carbocycles. The van der Waals surface area contributed by atoms with E-state index in [9.17, 15) is 18.0 Å². The largest absolute Gasteiger partial charge is 0.344 e. The summed E-state index contributed by atoms with van der Waals surface area (Å²) in [5, 5.41) is 3.52. The number of sulfonamides is 1. The minimum absolute atomic E-state index is 0.0316. The Hall–Kier alpha value is -2.94. The zero-order valence-electron chi connectivity index (χ0n) is 18.4. The van der Waals surface area contributed by atoms with Crippen molar-refractivity contribution in [1.82, 2.24) is 14.2 Å². The molecule has 3 rings (SSSR count). The molecule has 9 heteroatoms. The van der Waals surface area contributed by atoms with Gasteiger partial charge in [-0.05, 0) is 29.3 Å². The molecular formula is C24H26ClN3O4S. The molecule has 7 nitrogen and oxygen atoms in total. The summed E-state index contributed by atoms with van der Waals surface area (Å²) in [7, 11) is -3.76. The first kappa shape index (κ1) is 24.7. The molecule has 33 heavy (non-hydrogen) atoms. The van der Waals surface area contributed by atoms with Crippen molar-refractivity contribution in [1.29, 1.82) is 0 Å². The molecule has 0 saturated heterocycles. The summed E-state index contributed by atoms with van der Waals surface area (Å²) in [5.74, 6) is -0.432. The number of benzene rings is 2. The van der Waals surface area contributed by atoms with E-state index in [1.807, 2.05) is 42.5 Å². The van der Waals surface area contributed by atoms with E-state index in [2.05, 4.69) is 5.32 Å². The van der Waals surface area contributed by atoms with Gasteiger partial charge in [-0.25, -0.2) is 8.42 Å². The smallest absolute Gasteiger partial charge is 0.251 e. The number of carbonyl (C=O) groups is 1. The van der Waals surface area contributed by atoms with E-state index < -0.39 is 27.5 Å². The van der Waals surface area contributed by atoms with Crippen LogP contribution in [0.15, 0.2) is 82.6 Å². The predicted octanol–water partition coefficient (Wildman–Crippen LogP) is 3.44. The van der Waals surface area contributed by atoms with Gasteiger partial charge in [0.1, 0.15) is 6.54 Å². The Bertz CT molecular complexity index is 1250. The SMILES string of the molecule is CCN(CC)S(=O)(=O)c1ccc(=O)n(CC(=O)NC(c2ccccc2)c2ccc(Cl)cc2)c1. The summed E-state index contributed by atoms with van der Waals surface area (Å²) in [5.41, 5.74) is 1.22. The number of carbonyl (C=O) groups excluding carboxylic acids is 1. The number of halogens is 1. The predicted molar refractivity (Wildman–Crippen MR) is 129 cm³/mol. The Morgan fingerprint density at radius 2 is 1.58 bits per heavy atom. The molecule has 174 valence electrons. The molecule has 2 aromatic carbocycles. The van der Waals surface area contributed by atoms with Gasteiger partial charge in [0.15, 0.2) is 0 Å². The van der Waals surface area contributed by atoms with E-state index in [0.29, 0.717) is 18.1 Å². The first-order valence-electron chi connectivity index (χ1n) is 10.6. The molecule has 0 aliphatic rings. The van der Waals surface area contributed by atoms with Crippen LogP contribution in [0.4, 0.5) is 0 Å². The molecule has 1 aromatic heterocycles. The molecule has 1 unspecified atom stereocenters. The van der Waals surface area contributed by atoms with Crippen LogP contribution in [0.25, 0.3) is 0 Å². The summed E-state index contributed by atoms with van der Waals surface area (Å²) in [4.78, 5) is 25.3. The van der Waals surface area contributed by atoms with E-state index >= 15 is 0 Å². The topological polar surface area (TPSA) is 88.5 Å². The Morgan fingerprint density at radius 1 is 0.970 bits per heavy atom. The number of nitrogens with zero attached hydrogens (tertiary/aromatic N) is 2. The molecule has 1 N–H and O–H groups in total. The molecule has 0 saturated carbocycles. The maximum absolute atomic E-state index is 12.9. The van der Waals surface area contributed by atoms with Crippen LogP contribution in [0, 0.1) is 0 Å². The normalized spacial score (nSPS) is 12.5. The highest BCUT2D eigenvalue weighted by molar-refractivity contribution is 7.89. The van der Waals surface area contributed by atoms with Crippen LogP contribution in [0.1, 0.15) is 31.0 Å². The van der Waals surface area contributed by atoms with Crippen molar-refractivity contribution in [2.45, 2.75) is 31.3 Å². The van der Waals surface area contributed by atoms with E-state index in [0.717, 1.165) is 21.8 Å². The molecule has 0 fully saturated rings. The molecule has 1 atom stereocenters. The van der Waals surface area contributed by atoms with Crippen molar-refractivity contribution in [2.24, 2.45) is 0 Å². The first-order valence-corrected chi connectivity index (χ1v) is 12.4. The monoisotopic (exact) mass is 487 g/mol. The van der Waals surface area contributed by atoms with E-state index in [1.165, 1.54) is 16.6 Å². The van der Waals surface area contributed by atoms with Gasteiger partial charge in [0.05, 0.1) is 10.9 Å². The lowest BCUT2D eigenvalue weighted by molar-refractivity contribution is -0.122. The maximum Gasteiger partial charge on any atom is 0.251 e. The van der Waals surface area contributed by atoms with Crippen molar-refractivity contribution >= 4 is 27.5 Å². The fourth-order valence-electron chi connectivity index (χ4n) is 3.52. The highest BCUT2D eigenvalue weighted by Crippen LogP contribution is 2.23. The summed E-state index contributed by atoms with van der Waals surface area (Å²) in [6.45, 7) is 3.77. The van der Waals surface area contributed by atoms with Crippen LogP contribution >= 0.6 is 11.6 Å². The van der Waals surface area contributed by atoms with Gasteiger partial charge in [-0.15, -0.1) is 0 Å². The zero-order valence-corrected chi connectivity index (χ0v) is 20.0. The Morgan fingerprint density at radius 3 is 2.18 bits per heavy atom. The van der Waals surface area contributed by atoms with Crippen LogP contribution < -0.4 is 10.9 Å². The average molecular weight is 488 g/mol. The number of aromatic nitrogens is 1. The van der Waals surface area contributed by atoms with Gasteiger partial charge in [-0.3, -0.25) is 9.59 Å². The molecule has 0 bridgehead atoms. The maximum atomic E-state index is 12.9. The number of amides is 1. The molecule has 3 aromatic rings. The van der Waals surface area contributed by atoms with Crippen molar-refractivity contribution in [3.63, 3.8) is 0 Å². The lowest BCUT2D eigenvalue weighted by Crippen LogP contribution is -2.36. The third-order valence-electron chi connectivity index (χ3n) is 5.26. The van der Waals surface area contributed by atoms with E-state index in [-0.39, 0.29) is 11.4 Å². The molecule has 0 radical (unpaired) electrons. The van der Waals surface area contributed by atoms with Gasteiger partial charge in [-0.1, -0.05) is 67.9 Å². The average Bonchev–Trinajstić information content (AvgIpc) is 2.80. The fraction of sp³-hybridized carbons (Fsp3) is 0.250. The molecule has 1 amide bonds. The van der Waals surface area contributed by atoms with Gasteiger partial charge in [-0.2, -0.15) is 4.31 Å². The van der Waals surface area contributed by atoms with Crippen LogP contribution in [-0.2, 0) is 21.4 Å². The first-order chi connectivity index (χ1) is 15.8. The summed E-state index contributed by atoms with van der Waals surface area (Å²) < 4.78 is 28.0. The lowest BCUT2D eigenvalue weighted by atomic mass is 9.98. The van der Waals surface area contributed by atoms with Crippen molar-refractivity contribution in [2.75, 3.05) is 13.1 Å². The van der Waals surface area contributed by atoms with Gasteiger partial charge in [0.2, 0.25) is 15.9 Å². The molecule has 0 spiro atoms. The Balaban J connectivity index is 1.88. The van der Waals surface area contributed by atoms with Gasteiger partial charge < -0.3 is 9.88 Å². The van der Waals surface area contributed by atoms with Crippen LogP contribution in [0.2, 0.25) is 5.02 Å². The Kier molecular flexibility index (Phi) is 8.07. The fourth-order valence-corrected chi connectivity index (χ4v) is 5.12. The summed E-state index contributed by atoms with van der Waals surface area (Å²) in [6.07, 6.45) is 1.22. The second-order valence-electron chi connectivity index (χ2n) is 7.38. The van der Waals surface area contributed by atoms with Crippen molar-refractivity contribution in [3.05, 3.63) is 99.4 Å². The highest BCUT2D eigenvalue weighted by Gasteiger charge is 2.23. The Labute approximate surface area is 198 Å². The number of hydrogen-bond acceptors (Lipinski definition) is 4. The van der Waals surface area contributed by atoms with E-state index in [4.69, 9.17) is 11.6 Å². The number of hydrogen-bond donors (Lipinski definition) is 1. The quantitative estimate of drug-likeness (QED) is 0.500. The standard InChI is InChI=1S/C24H26ClN3O4S/c1-3-28(4-2)33(31,32)21-14-15-23(30)27(16-21)17-22(29)26-24(18-8-6-5-7-9-18)19-10-12-20(25)13-11-19/h5-16,24H,3-4,17H2,1-2H3,(H,26,29). The minimum Gasteiger partial charge on any atom is -0.344 e. The molecular weight excluding hydrogens is 462 g/mol. The summed E-state index contributed by atoms with van der Waals surface area (Å²) >= 11 is 6.01. The second kappa shape index (κ2) is 10.8. The van der Waals surface area contributed by atoms with Gasteiger partial charge >= 0.3 is 0 Å². The lowest BCUT2D eigenvalue weighted by Gasteiger charge is -2.21. The second-order valence-corrected chi connectivity index (χ2v) is 9.76. The van der Waals surface area contributed by atoms with Gasteiger partial charge in [0, 0.05) is 30.4 Å². The minimum atomic E-state index is -3.76. The van der Waals surface area contributed by atoms with Crippen LogP contribution in [0.3, 0.4) is 0 Å². The zero-order chi connectivity index (χ0) is 24.0. The number of pyridine rings is 1. The third kappa shape index (κ3) is 5.90. The van der Waals surface area contributed by atoms with Crippen LogP contribution in [0.5, 0.6) is 0 Å².